The first-order valence-corrected chi connectivity index (χ1v) is 5.64. The van der Waals surface area contributed by atoms with Gasteiger partial charge in [-0.05, 0) is 18.6 Å². The zero-order chi connectivity index (χ0) is 10.3. The minimum atomic E-state index is -0.565. The van der Waals surface area contributed by atoms with Gasteiger partial charge in [0.05, 0.1) is 5.02 Å². The maximum absolute atomic E-state index is 9.89. The Morgan fingerprint density at radius 2 is 2.29 bits per heavy atom. The normalized spacial score (nSPS) is 24.6. The van der Waals surface area contributed by atoms with Gasteiger partial charge in [-0.2, -0.15) is 0 Å². The van der Waals surface area contributed by atoms with E-state index < -0.39 is 6.10 Å². The van der Waals surface area contributed by atoms with Crippen molar-refractivity contribution in [3.8, 4) is 5.75 Å². The molecule has 1 aliphatic heterocycles. The van der Waals surface area contributed by atoms with Crippen LogP contribution in [-0.4, -0.2) is 11.2 Å². The SMILES string of the molecule is CCC1Oc2c(Cl)cc(Br)cc2C1O. The van der Waals surface area contributed by atoms with E-state index in [9.17, 15) is 5.11 Å². The topological polar surface area (TPSA) is 29.5 Å². The van der Waals surface area contributed by atoms with E-state index in [4.69, 9.17) is 16.3 Å². The summed E-state index contributed by atoms with van der Waals surface area (Å²) < 4.78 is 6.41. The number of halogens is 2. The number of aliphatic hydroxyl groups is 1. The van der Waals surface area contributed by atoms with Gasteiger partial charge in [-0.3, -0.25) is 0 Å². The van der Waals surface area contributed by atoms with E-state index in [2.05, 4.69) is 15.9 Å². The van der Waals surface area contributed by atoms with Gasteiger partial charge in [0.15, 0.2) is 0 Å². The molecule has 1 aliphatic rings. The van der Waals surface area contributed by atoms with E-state index in [1.54, 1.807) is 6.07 Å². The number of aliphatic hydroxyl groups excluding tert-OH is 1. The van der Waals surface area contributed by atoms with Gasteiger partial charge < -0.3 is 9.84 Å². The Labute approximate surface area is 96.0 Å². The summed E-state index contributed by atoms with van der Waals surface area (Å²) in [6, 6.07) is 3.62. The third-order valence-electron chi connectivity index (χ3n) is 2.38. The lowest BCUT2D eigenvalue weighted by atomic mass is 10.1. The highest BCUT2D eigenvalue weighted by molar-refractivity contribution is 9.10. The van der Waals surface area contributed by atoms with E-state index >= 15 is 0 Å². The Balaban J connectivity index is 2.48. The lowest BCUT2D eigenvalue weighted by molar-refractivity contribution is 0.0653. The number of ether oxygens (including phenoxy) is 1. The van der Waals surface area contributed by atoms with Crippen molar-refractivity contribution in [2.24, 2.45) is 0 Å². The van der Waals surface area contributed by atoms with Crippen LogP contribution in [0.25, 0.3) is 0 Å². The molecule has 0 fully saturated rings. The maximum atomic E-state index is 9.89. The Kier molecular flexibility index (Phi) is 2.73. The zero-order valence-electron chi connectivity index (χ0n) is 7.63. The highest BCUT2D eigenvalue weighted by Crippen LogP contribution is 2.44. The number of hydrogen-bond acceptors (Lipinski definition) is 2. The van der Waals surface area contributed by atoms with Crippen LogP contribution < -0.4 is 4.74 Å². The molecule has 1 aromatic rings. The van der Waals surface area contributed by atoms with E-state index in [0.29, 0.717) is 10.8 Å². The molecule has 2 atom stereocenters. The Morgan fingerprint density at radius 1 is 1.57 bits per heavy atom. The lowest BCUT2D eigenvalue weighted by Crippen LogP contribution is -2.16. The summed E-state index contributed by atoms with van der Waals surface area (Å²) in [6.07, 6.45) is 0.0332. The van der Waals surface area contributed by atoms with Gasteiger partial charge in [-0.15, -0.1) is 0 Å². The molecular formula is C10H10BrClO2. The van der Waals surface area contributed by atoms with Crippen molar-refractivity contribution in [1.82, 2.24) is 0 Å². The summed E-state index contributed by atoms with van der Waals surface area (Å²) in [6.45, 7) is 1.97. The van der Waals surface area contributed by atoms with Crippen LogP contribution in [-0.2, 0) is 0 Å². The third-order valence-corrected chi connectivity index (χ3v) is 3.12. The fraction of sp³-hybridized carbons (Fsp3) is 0.400. The van der Waals surface area contributed by atoms with Gasteiger partial charge in [-0.1, -0.05) is 34.5 Å². The molecule has 0 radical (unpaired) electrons. The molecule has 1 aromatic carbocycles. The monoisotopic (exact) mass is 276 g/mol. The van der Waals surface area contributed by atoms with E-state index in [-0.39, 0.29) is 6.10 Å². The summed E-state index contributed by atoms with van der Waals surface area (Å²) in [5, 5.41) is 10.4. The smallest absolute Gasteiger partial charge is 0.144 e. The molecule has 0 saturated heterocycles. The Morgan fingerprint density at radius 3 is 2.93 bits per heavy atom. The molecule has 0 bridgehead atoms. The van der Waals surface area contributed by atoms with Crippen molar-refractivity contribution in [3.63, 3.8) is 0 Å². The molecule has 76 valence electrons. The molecule has 0 aromatic heterocycles. The molecule has 14 heavy (non-hydrogen) atoms. The van der Waals surface area contributed by atoms with E-state index in [1.807, 2.05) is 13.0 Å². The predicted molar refractivity (Wildman–Crippen MR) is 58.8 cm³/mol. The molecule has 0 aliphatic carbocycles. The standard InChI is InChI=1S/C10H10BrClO2/c1-2-8-9(13)6-3-5(11)4-7(12)10(6)14-8/h3-4,8-9,13H,2H2,1H3. The molecule has 4 heteroatoms. The van der Waals surface area contributed by atoms with Crippen LogP contribution >= 0.6 is 27.5 Å². The molecule has 0 saturated carbocycles. The van der Waals surface area contributed by atoms with Gasteiger partial charge in [-0.25, -0.2) is 0 Å². The summed E-state index contributed by atoms with van der Waals surface area (Å²) >= 11 is 9.33. The van der Waals surface area contributed by atoms with Gasteiger partial charge in [0, 0.05) is 10.0 Å². The summed E-state index contributed by atoms with van der Waals surface area (Å²) in [5.41, 5.74) is 0.774. The van der Waals surface area contributed by atoms with Crippen LogP contribution in [0.15, 0.2) is 16.6 Å². The average Bonchev–Trinajstić information content (AvgIpc) is 2.44. The highest BCUT2D eigenvalue weighted by atomic mass is 79.9. The van der Waals surface area contributed by atoms with E-state index in [1.165, 1.54) is 0 Å². The highest BCUT2D eigenvalue weighted by Gasteiger charge is 2.33. The zero-order valence-corrected chi connectivity index (χ0v) is 9.97. The minimum absolute atomic E-state index is 0.170. The number of benzene rings is 1. The van der Waals surface area contributed by atoms with Crippen molar-refractivity contribution >= 4 is 27.5 Å². The first kappa shape index (κ1) is 10.3. The summed E-state index contributed by atoms with van der Waals surface area (Å²) in [5.74, 6) is 0.620. The number of fused-ring (bicyclic) bond motifs is 1. The first-order chi connectivity index (χ1) is 6.63. The molecule has 2 unspecified atom stereocenters. The van der Waals surface area contributed by atoms with Crippen LogP contribution in [0, 0.1) is 0 Å². The molecule has 2 rings (SSSR count). The van der Waals surface area contributed by atoms with Crippen molar-refractivity contribution in [3.05, 3.63) is 27.2 Å². The number of rotatable bonds is 1. The second-order valence-corrected chi connectivity index (χ2v) is 4.64. The summed E-state index contributed by atoms with van der Waals surface area (Å²) in [7, 11) is 0. The van der Waals surface area contributed by atoms with Crippen molar-refractivity contribution < 1.29 is 9.84 Å². The first-order valence-electron chi connectivity index (χ1n) is 4.47. The molecule has 2 nitrogen and oxygen atoms in total. The lowest BCUT2D eigenvalue weighted by Gasteiger charge is -2.10. The molecule has 1 N–H and O–H groups in total. The quantitative estimate of drug-likeness (QED) is 0.853. The van der Waals surface area contributed by atoms with Gasteiger partial charge in [0.1, 0.15) is 18.0 Å². The van der Waals surface area contributed by atoms with Crippen LogP contribution in [0.1, 0.15) is 25.0 Å². The molecule has 0 spiro atoms. The van der Waals surface area contributed by atoms with Crippen molar-refractivity contribution in [2.75, 3.05) is 0 Å². The van der Waals surface area contributed by atoms with Gasteiger partial charge in [0.25, 0.3) is 0 Å². The predicted octanol–water partition coefficient (Wildman–Crippen LogP) is 3.31. The number of hydrogen-bond donors (Lipinski definition) is 1. The van der Waals surface area contributed by atoms with Crippen LogP contribution in [0.2, 0.25) is 5.02 Å². The fourth-order valence-electron chi connectivity index (χ4n) is 1.65. The molecule has 0 amide bonds. The molecule has 1 heterocycles. The average molecular weight is 278 g/mol. The third kappa shape index (κ3) is 1.53. The second kappa shape index (κ2) is 3.72. The second-order valence-electron chi connectivity index (χ2n) is 3.32. The summed E-state index contributed by atoms with van der Waals surface area (Å²) in [4.78, 5) is 0. The van der Waals surface area contributed by atoms with Crippen LogP contribution in [0.4, 0.5) is 0 Å². The van der Waals surface area contributed by atoms with E-state index in [0.717, 1.165) is 16.5 Å². The molecular weight excluding hydrogens is 267 g/mol. The van der Waals surface area contributed by atoms with Crippen molar-refractivity contribution in [1.29, 1.82) is 0 Å². The van der Waals surface area contributed by atoms with Gasteiger partial charge >= 0.3 is 0 Å². The van der Waals surface area contributed by atoms with Crippen LogP contribution in [0.3, 0.4) is 0 Å². The van der Waals surface area contributed by atoms with Gasteiger partial charge in [0.2, 0.25) is 0 Å². The van der Waals surface area contributed by atoms with Crippen LogP contribution in [0.5, 0.6) is 5.75 Å². The Bertz CT molecular complexity index is 367. The van der Waals surface area contributed by atoms with Crippen molar-refractivity contribution in [2.45, 2.75) is 25.6 Å². The largest absolute Gasteiger partial charge is 0.485 e. The Hall–Kier alpha value is -0.250. The minimum Gasteiger partial charge on any atom is -0.485 e. The maximum Gasteiger partial charge on any atom is 0.144 e. The fourth-order valence-corrected chi connectivity index (χ4v) is 2.53.